The topological polar surface area (TPSA) is 200 Å². The Morgan fingerprint density at radius 1 is 0.939 bits per heavy atom. The molecule has 0 aromatic carbocycles. The smallest absolute Gasteiger partial charge is 0.338 e. The molecule has 0 radical (unpaired) electrons. The molecule has 2 aliphatic heterocycles. The molecule has 5 heterocycles. The Hall–Kier alpha value is -5.52. The van der Waals surface area contributed by atoms with E-state index in [4.69, 9.17) is 0 Å². The zero-order valence-electron chi connectivity index (χ0n) is 28.6. The quantitative estimate of drug-likeness (QED) is 0.159. The Labute approximate surface area is 283 Å². The van der Waals surface area contributed by atoms with Gasteiger partial charge >= 0.3 is 17.9 Å². The number of carbonyl (C=O) groups is 4. The van der Waals surface area contributed by atoms with Gasteiger partial charge in [-0.05, 0) is 81.0 Å². The molecule has 258 valence electrons. The summed E-state index contributed by atoms with van der Waals surface area (Å²) >= 11 is 0. The van der Waals surface area contributed by atoms with Gasteiger partial charge in [0.2, 0.25) is 5.91 Å². The molecule has 49 heavy (non-hydrogen) atoms. The largest absolute Gasteiger partial charge is 0.481 e. The average molecular weight is 670 g/mol. The molecule has 1 amide bonds. The van der Waals surface area contributed by atoms with Gasteiger partial charge in [-0.2, -0.15) is 0 Å². The van der Waals surface area contributed by atoms with Crippen molar-refractivity contribution in [2.75, 3.05) is 0 Å². The number of carboxylic acid groups (broad SMARTS) is 3. The zero-order valence-corrected chi connectivity index (χ0v) is 28.6. The summed E-state index contributed by atoms with van der Waals surface area (Å²) in [6.45, 7) is 15.2. The molecule has 0 saturated carbocycles. The SMILES string of the molecule is C=Cc1c2[nH]c(c1C)C=C1NC(=C(CC(=O)O)c3[nH]c(c(C)c3C(=O)O)C=c3[nH]c(c(C)c3CC)=C2)C(CCC(=O)NC(C)C(=O)O)C1C. The van der Waals surface area contributed by atoms with Gasteiger partial charge in [0.05, 0.1) is 17.7 Å². The number of fused-ring (bicyclic) bond motifs is 8. The van der Waals surface area contributed by atoms with Crippen molar-refractivity contribution < 1.29 is 34.5 Å². The highest BCUT2D eigenvalue weighted by molar-refractivity contribution is 5.99. The molecule has 12 heteroatoms. The van der Waals surface area contributed by atoms with Gasteiger partial charge in [0, 0.05) is 68.6 Å². The average Bonchev–Trinajstić information content (AvgIpc) is 3.71. The third-order valence-electron chi connectivity index (χ3n) is 9.89. The lowest BCUT2D eigenvalue weighted by Crippen LogP contribution is -2.38. The van der Waals surface area contributed by atoms with Crippen molar-refractivity contribution in [1.29, 1.82) is 0 Å². The molecule has 3 aromatic rings. The third-order valence-corrected chi connectivity index (χ3v) is 9.89. The Morgan fingerprint density at radius 2 is 1.61 bits per heavy atom. The first-order chi connectivity index (χ1) is 23.2. The van der Waals surface area contributed by atoms with E-state index in [-0.39, 0.29) is 35.6 Å². The molecular formula is C37H43N5O7. The van der Waals surface area contributed by atoms with Crippen molar-refractivity contribution in [3.8, 4) is 0 Å². The van der Waals surface area contributed by atoms with Gasteiger partial charge in [-0.15, -0.1) is 0 Å². The van der Waals surface area contributed by atoms with Gasteiger partial charge in [-0.1, -0.05) is 26.5 Å². The van der Waals surface area contributed by atoms with Gasteiger partial charge in [0.15, 0.2) is 0 Å². The van der Waals surface area contributed by atoms with E-state index in [1.165, 1.54) is 6.92 Å². The van der Waals surface area contributed by atoms with Crippen molar-refractivity contribution in [3.05, 3.63) is 84.8 Å². The van der Waals surface area contributed by atoms with Crippen LogP contribution >= 0.6 is 0 Å². The highest BCUT2D eigenvalue weighted by Gasteiger charge is 2.37. The van der Waals surface area contributed by atoms with Gasteiger partial charge < -0.3 is 40.9 Å². The van der Waals surface area contributed by atoms with Crippen LogP contribution < -0.4 is 21.3 Å². The van der Waals surface area contributed by atoms with E-state index in [1.54, 1.807) is 13.0 Å². The fourth-order valence-electron chi connectivity index (χ4n) is 7.09. The second-order valence-electron chi connectivity index (χ2n) is 12.9. The summed E-state index contributed by atoms with van der Waals surface area (Å²) in [5, 5.41) is 37.5. The van der Waals surface area contributed by atoms with Crippen molar-refractivity contribution in [2.24, 2.45) is 11.8 Å². The number of rotatable bonds is 10. The van der Waals surface area contributed by atoms with Crippen LogP contribution in [0, 0.1) is 32.6 Å². The van der Waals surface area contributed by atoms with Crippen LogP contribution in [0.15, 0.2) is 18.0 Å². The van der Waals surface area contributed by atoms with E-state index >= 15 is 0 Å². The van der Waals surface area contributed by atoms with Crippen LogP contribution in [0.5, 0.6) is 0 Å². The standard InChI is InChI=1S/C37H43N5O7/c1-8-21-16(3)25-13-27-18(5)23(10-11-31(43)38-20(7)36(46)47)34(41-27)24(12-32(44)45)35-33(37(48)49)19(6)28(42-35)15-30-22(9-2)17(4)26(40-30)14-29(21)39-25/h8,13-15,18,20,23,39-42H,1,9-12H2,2-7H3,(H,38,43)(H,44,45)(H,46,47)(H,48,49). The molecule has 8 bridgehead atoms. The number of hydrogen-bond acceptors (Lipinski definition) is 5. The molecule has 0 spiro atoms. The van der Waals surface area contributed by atoms with Crippen LogP contribution in [-0.4, -0.2) is 60.1 Å². The van der Waals surface area contributed by atoms with Gasteiger partial charge in [-0.25, -0.2) is 4.79 Å². The van der Waals surface area contributed by atoms with Crippen LogP contribution in [0.3, 0.4) is 0 Å². The molecule has 3 aromatic heterocycles. The maximum Gasteiger partial charge on any atom is 0.338 e. The Morgan fingerprint density at radius 3 is 2.22 bits per heavy atom. The second kappa shape index (κ2) is 13.5. The normalized spacial score (nSPS) is 17.4. The van der Waals surface area contributed by atoms with Crippen molar-refractivity contribution in [2.45, 2.75) is 73.3 Å². The lowest BCUT2D eigenvalue weighted by Gasteiger charge is -2.19. The molecule has 3 unspecified atom stereocenters. The molecule has 3 atom stereocenters. The first-order valence-corrected chi connectivity index (χ1v) is 16.3. The molecule has 0 aliphatic carbocycles. The molecule has 5 rings (SSSR count). The number of allylic oxidation sites excluding steroid dienone is 2. The predicted molar refractivity (Wildman–Crippen MR) is 187 cm³/mol. The van der Waals surface area contributed by atoms with E-state index in [1.807, 2.05) is 39.0 Å². The van der Waals surface area contributed by atoms with E-state index < -0.39 is 42.2 Å². The third kappa shape index (κ3) is 6.50. The van der Waals surface area contributed by atoms with Crippen LogP contribution in [-0.2, 0) is 20.8 Å². The van der Waals surface area contributed by atoms with Crippen molar-refractivity contribution in [1.82, 2.24) is 25.6 Å². The molecule has 1 fully saturated rings. The predicted octanol–water partition coefficient (Wildman–Crippen LogP) is 3.92. The number of carboxylic acids is 3. The Kier molecular flexibility index (Phi) is 9.62. The summed E-state index contributed by atoms with van der Waals surface area (Å²) in [4.78, 5) is 59.8. The van der Waals surface area contributed by atoms with Gasteiger partial charge in [0.25, 0.3) is 0 Å². The number of H-pyrrole nitrogens is 3. The summed E-state index contributed by atoms with van der Waals surface area (Å²) in [7, 11) is 0. The Balaban J connectivity index is 1.84. The van der Waals surface area contributed by atoms with Crippen molar-refractivity contribution in [3.63, 3.8) is 0 Å². The first kappa shape index (κ1) is 34.8. The summed E-state index contributed by atoms with van der Waals surface area (Å²) < 4.78 is 0. The minimum atomic E-state index is -1.20. The molecular weight excluding hydrogens is 626 g/mol. The number of carbonyl (C=O) groups excluding carboxylic acids is 1. The monoisotopic (exact) mass is 669 g/mol. The molecule has 12 nitrogen and oxygen atoms in total. The first-order valence-electron chi connectivity index (χ1n) is 16.3. The molecule has 8 N–H and O–H groups in total. The maximum atomic E-state index is 12.8. The van der Waals surface area contributed by atoms with E-state index in [2.05, 4.69) is 39.1 Å². The number of aromatic amines is 3. The number of nitrogens with one attached hydrogen (secondary N) is 5. The van der Waals surface area contributed by atoms with E-state index in [0.29, 0.717) is 23.4 Å². The van der Waals surface area contributed by atoms with Crippen LogP contribution in [0.1, 0.15) is 101 Å². The summed E-state index contributed by atoms with van der Waals surface area (Å²) in [6.07, 6.45) is 8.11. The highest BCUT2D eigenvalue weighted by Crippen LogP contribution is 2.43. The fourth-order valence-corrected chi connectivity index (χ4v) is 7.09. The lowest BCUT2D eigenvalue weighted by molar-refractivity contribution is -0.141. The molecule has 1 saturated heterocycles. The van der Waals surface area contributed by atoms with E-state index in [9.17, 15) is 34.5 Å². The second-order valence-corrected chi connectivity index (χ2v) is 12.9. The van der Waals surface area contributed by atoms with Gasteiger partial charge in [-0.3, -0.25) is 14.4 Å². The number of aromatic nitrogens is 3. The lowest BCUT2D eigenvalue weighted by atomic mass is 9.85. The van der Waals surface area contributed by atoms with Crippen LogP contribution in [0.25, 0.3) is 29.9 Å². The summed E-state index contributed by atoms with van der Waals surface area (Å²) in [5.41, 5.74) is 8.29. The maximum absolute atomic E-state index is 12.8. The number of aromatic carboxylic acids is 1. The number of aliphatic carboxylic acids is 2. The number of hydrogen-bond donors (Lipinski definition) is 8. The minimum Gasteiger partial charge on any atom is -0.481 e. The molecule has 2 aliphatic rings. The van der Waals surface area contributed by atoms with Crippen molar-refractivity contribution >= 4 is 53.7 Å². The van der Waals surface area contributed by atoms with Crippen LogP contribution in [0.4, 0.5) is 0 Å². The highest BCUT2D eigenvalue weighted by atomic mass is 16.4. The number of amides is 1. The zero-order chi connectivity index (χ0) is 35.9. The van der Waals surface area contributed by atoms with E-state index in [0.717, 1.165) is 50.0 Å². The Bertz CT molecular complexity index is 2090. The van der Waals surface area contributed by atoms with Gasteiger partial charge in [0.1, 0.15) is 6.04 Å². The summed E-state index contributed by atoms with van der Waals surface area (Å²) in [5.74, 6) is -4.66. The fraction of sp³-hybridized carbons (Fsp3) is 0.351. The van der Waals surface area contributed by atoms with Crippen LogP contribution in [0.2, 0.25) is 0 Å². The summed E-state index contributed by atoms with van der Waals surface area (Å²) in [6, 6.07) is -1.08. The minimum absolute atomic E-state index is 0.0324.